The first-order valence-corrected chi connectivity index (χ1v) is 7.99. The molecule has 3 N–H and O–H groups in total. The van der Waals surface area contributed by atoms with Gasteiger partial charge in [-0.3, -0.25) is 11.3 Å². The zero-order valence-electron chi connectivity index (χ0n) is 11.7. The van der Waals surface area contributed by atoms with E-state index in [0.717, 1.165) is 12.8 Å². The van der Waals surface area contributed by atoms with Gasteiger partial charge in [0, 0.05) is 10.1 Å². The number of benzene rings is 2. The van der Waals surface area contributed by atoms with E-state index in [1.807, 2.05) is 11.8 Å². The van der Waals surface area contributed by atoms with Gasteiger partial charge in [0.05, 0.1) is 6.04 Å². The van der Waals surface area contributed by atoms with E-state index in [9.17, 15) is 0 Å². The van der Waals surface area contributed by atoms with E-state index in [4.69, 9.17) is 5.84 Å². The van der Waals surface area contributed by atoms with Crippen molar-refractivity contribution in [2.75, 3.05) is 0 Å². The number of hydrazine groups is 1. The molecule has 1 aliphatic heterocycles. The molecule has 3 rings (SSSR count). The van der Waals surface area contributed by atoms with Crippen molar-refractivity contribution in [2.45, 2.75) is 36.0 Å². The molecule has 104 valence electrons. The van der Waals surface area contributed by atoms with E-state index in [0.29, 0.717) is 5.25 Å². The summed E-state index contributed by atoms with van der Waals surface area (Å²) in [6, 6.07) is 17.6. The van der Waals surface area contributed by atoms with Crippen molar-refractivity contribution in [1.29, 1.82) is 0 Å². The Balaban J connectivity index is 1.85. The van der Waals surface area contributed by atoms with Crippen molar-refractivity contribution in [3.05, 3.63) is 65.2 Å². The molecule has 20 heavy (non-hydrogen) atoms. The molecule has 0 aliphatic carbocycles. The second-order valence-electron chi connectivity index (χ2n) is 5.21. The average molecular weight is 284 g/mol. The van der Waals surface area contributed by atoms with E-state index in [1.54, 1.807) is 0 Å². The van der Waals surface area contributed by atoms with Gasteiger partial charge in [0.15, 0.2) is 0 Å². The standard InChI is InChI=1S/C17H20N2S/c1-2-12-6-5-8-14(10-12)17(19-18)16-11-13-7-3-4-9-15(13)20-16/h3-10,16-17,19H,2,11,18H2,1H3. The Morgan fingerprint density at radius 3 is 2.85 bits per heavy atom. The lowest BCUT2D eigenvalue weighted by Gasteiger charge is -2.23. The largest absolute Gasteiger partial charge is 0.271 e. The summed E-state index contributed by atoms with van der Waals surface area (Å²) in [5.41, 5.74) is 7.12. The minimum Gasteiger partial charge on any atom is -0.271 e. The smallest absolute Gasteiger partial charge is 0.0585 e. The Kier molecular flexibility index (Phi) is 4.10. The van der Waals surface area contributed by atoms with E-state index in [1.165, 1.54) is 21.6 Å². The molecule has 0 fully saturated rings. The first-order chi connectivity index (χ1) is 9.81. The summed E-state index contributed by atoms with van der Waals surface area (Å²) >= 11 is 1.93. The summed E-state index contributed by atoms with van der Waals surface area (Å²) in [4.78, 5) is 1.39. The van der Waals surface area contributed by atoms with Gasteiger partial charge in [0.1, 0.15) is 0 Å². The van der Waals surface area contributed by atoms with E-state index in [-0.39, 0.29) is 6.04 Å². The van der Waals surface area contributed by atoms with Gasteiger partial charge in [-0.05, 0) is 35.6 Å². The quantitative estimate of drug-likeness (QED) is 0.667. The van der Waals surface area contributed by atoms with Crippen LogP contribution in [0.2, 0.25) is 0 Å². The van der Waals surface area contributed by atoms with Crippen molar-refractivity contribution < 1.29 is 0 Å². The third-order valence-electron chi connectivity index (χ3n) is 3.94. The summed E-state index contributed by atoms with van der Waals surface area (Å²) in [5, 5.41) is 0.463. The Morgan fingerprint density at radius 1 is 1.25 bits per heavy atom. The zero-order chi connectivity index (χ0) is 13.9. The number of thioether (sulfide) groups is 1. The summed E-state index contributed by atoms with van der Waals surface area (Å²) in [5.74, 6) is 5.85. The number of fused-ring (bicyclic) bond motifs is 1. The molecule has 2 atom stereocenters. The van der Waals surface area contributed by atoms with Crippen molar-refractivity contribution in [3.8, 4) is 0 Å². The number of aryl methyl sites for hydroxylation is 1. The van der Waals surface area contributed by atoms with Crippen LogP contribution in [0.25, 0.3) is 0 Å². The SMILES string of the molecule is CCc1cccc(C(NN)C2Cc3ccccc3S2)c1. The second-order valence-corrected chi connectivity index (χ2v) is 6.49. The number of hydrogen-bond acceptors (Lipinski definition) is 3. The van der Waals surface area contributed by atoms with Gasteiger partial charge in [-0.2, -0.15) is 0 Å². The fraction of sp³-hybridized carbons (Fsp3) is 0.294. The number of nitrogens with one attached hydrogen (secondary N) is 1. The first-order valence-electron chi connectivity index (χ1n) is 7.11. The van der Waals surface area contributed by atoms with Crippen LogP contribution in [0.4, 0.5) is 0 Å². The molecule has 2 unspecified atom stereocenters. The van der Waals surface area contributed by atoms with Crippen LogP contribution in [0.5, 0.6) is 0 Å². The second kappa shape index (κ2) is 6.00. The molecule has 0 bridgehead atoms. The number of rotatable bonds is 4. The van der Waals surface area contributed by atoms with Gasteiger partial charge in [-0.25, -0.2) is 0 Å². The lowest BCUT2D eigenvalue weighted by Crippen LogP contribution is -2.35. The molecule has 2 nitrogen and oxygen atoms in total. The molecule has 0 spiro atoms. The summed E-state index contributed by atoms with van der Waals surface area (Å²) in [6.07, 6.45) is 2.13. The maximum Gasteiger partial charge on any atom is 0.0585 e. The van der Waals surface area contributed by atoms with Crippen LogP contribution in [-0.2, 0) is 12.8 Å². The summed E-state index contributed by atoms with van der Waals surface area (Å²) < 4.78 is 0. The lowest BCUT2D eigenvalue weighted by molar-refractivity contribution is 0.533. The molecule has 2 aromatic rings. The maximum absolute atomic E-state index is 5.85. The third-order valence-corrected chi connectivity index (χ3v) is 5.34. The molecule has 0 saturated carbocycles. The van der Waals surface area contributed by atoms with Crippen molar-refractivity contribution in [3.63, 3.8) is 0 Å². The molecule has 1 heterocycles. The van der Waals surface area contributed by atoms with Gasteiger partial charge >= 0.3 is 0 Å². The lowest BCUT2D eigenvalue weighted by atomic mass is 9.97. The highest BCUT2D eigenvalue weighted by atomic mass is 32.2. The first kappa shape index (κ1) is 13.7. The number of nitrogens with two attached hydrogens (primary N) is 1. The zero-order valence-corrected chi connectivity index (χ0v) is 12.5. The van der Waals surface area contributed by atoms with Crippen LogP contribution in [-0.4, -0.2) is 5.25 Å². The average Bonchev–Trinajstić information content (AvgIpc) is 2.91. The van der Waals surface area contributed by atoms with Crippen LogP contribution >= 0.6 is 11.8 Å². The monoisotopic (exact) mass is 284 g/mol. The van der Waals surface area contributed by atoms with Crippen LogP contribution in [0.3, 0.4) is 0 Å². The molecular weight excluding hydrogens is 264 g/mol. The van der Waals surface area contributed by atoms with Gasteiger partial charge < -0.3 is 0 Å². The highest BCUT2D eigenvalue weighted by Gasteiger charge is 2.29. The Labute approximate surface area is 124 Å². The normalized spacial score (nSPS) is 18.8. The molecule has 0 saturated heterocycles. The number of hydrogen-bond donors (Lipinski definition) is 2. The van der Waals surface area contributed by atoms with Crippen molar-refractivity contribution in [1.82, 2.24) is 5.43 Å². The molecular formula is C17H20N2S. The van der Waals surface area contributed by atoms with E-state index in [2.05, 4.69) is 60.9 Å². The fourth-order valence-electron chi connectivity index (χ4n) is 2.82. The third kappa shape index (κ3) is 2.62. The van der Waals surface area contributed by atoms with Crippen LogP contribution in [0, 0.1) is 0 Å². The van der Waals surface area contributed by atoms with Gasteiger partial charge in [0.25, 0.3) is 0 Å². The minimum absolute atomic E-state index is 0.193. The Hall–Kier alpha value is -1.29. The van der Waals surface area contributed by atoms with Crippen molar-refractivity contribution in [2.24, 2.45) is 5.84 Å². The molecule has 3 heteroatoms. The molecule has 1 aliphatic rings. The molecule has 0 amide bonds. The van der Waals surface area contributed by atoms with Gasteiger partial charge in [-0.15, -0.1) is 11.8 Å². The van der Waals surface area contributed by atoms with E-state index >= 15 is 0 Å². The summed E-state index contributed by atoms with van der Waals surface area (Å²) in [7, 11) is 0. The Bertz CT molecular complexity index is 572. The minimum atomic E-state index is 0.193. The fourth-order valence-corrected chi connectivity index (χ4v) is 4.24. The molecule has 0 aromatic heterocycles. The predicted octanol–water partition coefficient (Wildman–Crippen LogP) is 3.47. The molecule has 2 aromatic carbocycles. The Morgan fingerprint density at radius 2 is 2.10 bits per heavy atom. The van der Waals surface area contributed by atoms with E-state index < -0.39 is 0 Å². The summed E-state index contributed by atoms with van der Waals surface area (Å²) in [6.45, 7) is 2.18. The topological polar surface area (TPSA) is 38.0 Å². The van der Waals surface area contributed by atoms with Crippen LogP contribution in [0.1, 0.15) is 29.7 Å². The van der Waals surface area contributed by atoms with Gasteiger partial charge in [-0.1, -0.05) is 49.4 Å². The van der Waals surface area contributed by atoms with Crippen LogP contribution < -0.4 is 11.3 Å². The van der Waals surface area contributed by atoms with Crippen molar-refractivity contribution >= 4 is 11.8 Å². The highest BCUT2D eigenvalue weighted by Crippen LogP contribution is 2.42. The van der Waals surface area contributed by atoms with Gasteiger partial charge in [0.2, 0.25) is 0 Å². The highest BCUT2D eigenvalue weighted by molar-refractivity contribution is 8.00. The molecule has 0 radical (unpaired) electrons. The maximum atomic E-state index is 5.85. The predicted molar refractivity (Wildman–Crippen MR) is 85.7 cm³/mol. The van der Waals surface area contributed by atoms with Crippen LogP contribution in [0.15, 0.2) is 53.4 Å².